The molecule has 0 unspecified atom stereocenters. The van der Waals surface area contributed by atoms with Gasteiger partial charge in [0, 0.05) is 31.0 Å². The second-order valence-electron chi connectivity index (χ2n) is 5.75. The minimum atomic E-state index is 0.884. The predicted molar refractivity (Wildman–Crippen MR) is 115 cm³/mol. The van der Waals surface area contributed by atoms with Gasteiger partial charge in [0.1, 0.15) is 0 Å². The van der Waals surface area contributed by atoms with E-state index >= 15 is 0 Å². The zero-order valence-electron chi connectivity index (χ0n) is 13.4. The molecule has 4 aromatic carbocycles. The van der Waals surface area contributed by atoms with Crippen molar-refractivity contribution in [2.75, 3.05) is 0 Å². The van der Waals surface area contributed by atoms with Crippen molar-refractivity contribution < 1.29 is 0 Å². The quantitative estimate of drug-likeness (QED) is 0.239. The Morgan fingerprint density at radius 2 is 1.08 bits per heavy atom. The SMILES string of the molecule is C#Cc1cccc2cccc(C#Cc3cccc4cccc(I)c34)c12. The number of halogens is 1. The average Bonchev–Trinajstić information content (AvgIpc) is 2.65. The lowest BCUT2D eigenvalue weighted by Crippen LogP contribution is -1.86. The smallest absolute Gasteiger partial charge is 0.0340 e. The zero-order valence-corrected chi connectivity index (χ0v) is 15.5. The summed E-state index contributed by atoms with van der Waals surface area (Å²) in [5.41, 5.74) is 2.89. The number of rotatable bonds is 0. The average molecular weight is 428 g/mol. The largest absolute Gasteiger partial charge is 0.115 e. The second kappa shape index (κ2) is 6.63. The van der Waals surface area contributed by atoms with Gasteiger partial charge in [0.25, 0.3) is 0 Å². The Morgan fingerprint density at radius 1 is 0.600 bits per heavy atom. The van der Waals surface area contributed by atoms with Crippen LogP contribution >= 0.6 is 22.6 Å². The summed E-state index contributed by atoms with van der Waals surface area (Å²) >= 11 is 2.37. The Balaban J connectivity index is 1.95. The van der Waals surface area contributed by atoms with E-state index in [2.05, 4.69) is 88.9 Å². The van der Waals surface area contributed by atoms with Gasteiger partial charge in [-0.15, -0.1) is 6.42 Å². The molecule has 4 rings (SSSR count). The summed E-state index contributed by atoms with van der Waals surface area (Å²) in [6.45, 7) is 0. The summed E-state index contributed by atoms with van der Waals surface area (Å²) < 4.78 is 1.21. The molecule has 0 saturated carbocycles. The van der Waals surface area contributed by atoms with Crippen molar-refractivity contribution in [3.8, 4) is 24.2 Å². The van der Waals surface area contributed by atoms with Gasteiger partial charge >= 0.3 is 0 Å². The van der Waals surface area contributed by atoms with Crippen LogP contribution < -0.4 is 0 Å². The van der Waals surface area contributed by atoms with Gasteiger partial charge in [-0.25, -0.2) is 0 Å². The first-order chi connectivity index (χ1) is 12.3. The van der Waals surface area contributed by atoms with E-state index in [4.69, 9.17) is 6.42 Å². The topological polar surface area (TPSA) is 0 Å². The molecule has 0 nitrogen and oxygen atoms in total. The molecule has 0 amide bonds. The van der Waals surface area contributed by atoms with Crippen molar-refractivity contribution >= 4 is 44.1 Å². The van der Waals surface area contributed by atoms with Crippen LogP contribution in [-0.4, -0.2) is 0 Å². The van der Waals surface area contributed by atoms with E-state index in [1.54, 1.807) is 0 Å². The third-order valence-corrected chi connectivity index (χ3v) is 5.14. The second-order valence-corrected chi connectivity index (χ2v) is 6.91. The maximum atomic E-state index is 5.69. The Morgan fingerprint density at radius 3 is 1.68 bits per heavy atom. The lowest BCUT2D eigenvalue weighted by Gasteiger charge is -2.04. The highest BCUT2D eigenvalue weighted by Gasteiger charge is 2.04. The van der Waals surface area contributed by atoms with Crippen LogP contribution in [0.25, 0.3) is 21.5 Å². The van der Waals surface area contributed by atoms with E-state index in [0.29, 0.717) is 0 Å². The zero-order chi connectivity index (χ0) is 17.2. The fraction of sp³-hybridized carbons (Fsp3) is 0. The van der Waals surface area contributed by atoms with Crippen LogP contribution in [0, 0.1) is 27.8 Å². The van der Waals surface area contributed by atoms with Gasteiger partial charge in [-0.3, -0.25) is 0 Å². The fourth-order valence-corrected chi connectivity index (χ4v) is 3.91. The van der Waals surface area contributed by atoms with Gasteiger partial charge in [-0.2, -0.15) is 0 Å². The molecule has 0 heterocycles. The van der Waals surface area contributed by atoms with Gasteiger partial charge in [-0.1, -0.05) is 66.3 Å². The normalized spacial score (nSPS) is 10.2. The molecule has 0 N–H and O–H groups in total. The van der Waals surface area contributed by atoms with E-state index in [0.717, 1.165) is 27.5 Å². The number of terminal acetylenes is 1. The summed E-state index contributed by atoms with van der Waals surface area (Å²) in [5.74, 6) is 9.49. The Kier molecular flexibility index (Phi) is 4.18. The minimum absolute atomic E-state index is 0.884. The summed E-state index contributed by atoms with van der Waals surface area (Å²) in [6, 6.07) is 24.7. The lowest BCUT2D eigenvalue weighted by molar-refractivity contribution is 1.65. The van der Waals surface area contributed by atoms with Gasteiger partial charge in [0.2, 0.25) is 0 Å². The fourth-order valence-electron chi connectivity index (χ4n) is 3.10. The van der Waals surface area contributed by atoms with Gasteiger partial charge < -0.3 is 0 Å². The molecular weight excluding hydrogens is 415 g/mol. The first-order valence-corrected chi connectivity index (χ1v) is 9.03. The monoisotopic (exact) mass is 428 g/mol. The summed E-state index contributed by atoms with van der Waals surface area (Å²) in [7, 11) is 0. The van der Waals surface area contributed by atoms with Crippen molar-refractivity contribution in [2.24, 2.45) is 0 Å². The Hall–Kier alpha value is -2.75. The molecule has 0 spiro atoms. The molecule has 25 heavy (non-hydrogen) atoms. The molecule has 0 atom stereocenters. The highest BCUT2D eigenvalue weighted by atomic mass is 127. The van der Waals surface area contributed by atoms with Gasteiger partial charge in [0.05, 0.1) is 0 Å². The van der Waals surface area contributed by atoms with Crippen LogP contribution in [0.4, 0.5) is 0 Å². The van der Waals surface area contributed by atoms with E-state index in [9.17, 15) is 0 Å². The van der Waals surface area contributed by atoms with Crippen molar-refractivity contribution in [3.63, 3.8) is 0 Å². The van der Waals surface area contributed by atoms with Gasteiger partial charge in [-0.05, 0) is 57.6 Å². The number of hydrogen-bond acceptors (Lipinski definition) is 0. The molecule has 0 aliphatic carbocycles. The standard InChI is InChI=1S/C24H13I/c1-2-17-7-3-8-18-9-4-11-20(23(17)18)15-16-21-12-5-10-19-13-6-14-22(25)24(19)21/h1,3-14H. The Labute approximate surface area is 161 Å². The van der Waals surface area contributed by atoms with E-state index < -0.39 is 0 Å². The minimum Gasteiger partial charge on any atom is -0.115 e. The maximum Gasteiger partial charge on any atom is 0.0340 e. The molecular formula is C24H13I. The molecule has 0 aromatic heterocycles. The van der Waals surface area contributed by atoms with Crippen LogP contribution in [0.15, 0.2) is 72.8 Å². The van der Waals surface area contributed by atoms with Crippen LogP contribution in [0.1, 0.15) is 16.7 Å². The molecule has 1 heteroatoms. The maximum absolute atomic E-state index is 5.69. The van der Waals surface area contributed by atoms with Crippen LogP contribution in [0.2, 0.25) is 0 Å². The Bertz CT molecular complexity index is 1200. The summed E-state index contributed by atoms with van der Waals surface area (Å²) in [4.78, 5) is 0. The first kappa shape index (κ1) is 15.8. The van der Waals surface area contributed by atoms with Crippen molar-refractivity contribution in [2.45, 2.75) is 0 Å². The summed E-state index contributed by atoms with van der Waals surface area (Å²) in [5, 5.41) is 4.58. The van der Waals surface area contributed by atoms with Crippen LogP contribution in [-0.2, 0) is 0 Å². The van der Waals surface area contributed by atoms with E-state index in [1.165, 1.54) is 14.3 Å². The molecule has 4 aromatic rings. The van der Waals surface area contributed by atoms with Gasteiger partial charge in [0.15, 0.2) is 0 Å². The molecule has 0 aliphatic rings. The molecule has 0 fully saturated rings. The molecule has 0 radical (unpaired) electrons. The third-order valence-electron chi connectivity index (χ3n) is 4.25. The molecule has 0 aliphatic heterocycles. The molecule has 0 bridgehead atoms. The molecule has 0 saturated heterocycles. The molecule has 116 valence electrons. The number of benzene rings is 4. The lowest BCUT2D eigenvalue weighted by atomic mass is 9.99. The predicted octanol–water partition coefficient (Wildman–Crippen LogP) is 5.98. The van der Waals surface area contributed by atoms with Crippen molar-refractivity contribution in [1.82, 2.24) is 0 Å². The van der Waals surface area contributed by atoms with E-state index in [1.807, 2.05) is 24.3 Å². The summed E-state index contributed by atoms with van der Waals surface area (Å²) in [6.07, 6.45) is 5.69. The highest BCUT2D eigenvalue weighted by molar-refractivity contribution is 14.1. The van der Waals surface area contributed by atoms with Crippen LogP contribution in [0.5, 0.6) is 0 Å². The van der Waals surface area contributed by atoms with Crippen molar-refractivity contribution in [1.29, 1.82) is 0 Å². The number of fused-ring (bicyclic) bond motifs is 2. The number of hydrogen-bond donors (Lipinski definition) is 0. The van der Waals surface area contributed by atoms with Crippen LogP contribution in [0.3, 0.4) is 0 Å². The van der Waals surface area contributed by atoms with E-state index in [-0.39, 0.29) is 0 Å². The highest BCUT2D eigenvalue weighted by Crippen LogP contribution is 2.25. The van der Waals surface area contributed by atoms with Crippen molar-refractivity contribution in [3.05, 3.63) is 93.1 Å². The third kappa shape index (κ3) is 2.88. The first-order valence-electron chi connectivity index (χ1n) is 7.95.